The molecular formula is C10H10N2O2S. The van der Waals surface area contributed by atoms with Crippen molar-refractivity contribution in [2.45, 2.75) is 12.8 Å². The zero-order valence-corrected chi connectivity index (χ0v) is 8.88. The van der Waals surface area contributed by atoms with Crippen LogP contribution in [0, 0.1) is 11.3 Å². The van der Waals surface area contributed by atoms with Gasteiger partial charge in [-0.3, -0.25) is 0 Å². The standard InChI is InChI=1S/C10H10N2O2S/c11-6-7-5-8(10(13)14)15-9(7)12-3-1-2-4-12/h5H,1-4H2,(H,13,14). The van der Waals surface area contributed by atoms with Crippen molar-refractivity contribution in [3.63, 3.8) is 0 Å². The van der Waals surface area contributed by atoms with E-state index in [0.717, 1.165) is 30.9 Å². The number of carboxylic acid groups (broad SMARTS) is 1. The average Bonchev–Trinajstić information content (AvgIpc) is 2.86. The van der Waals surface area contributed by atoms with Crippen LogP contribution < -0.4 is 4.90 Å². The van der Waals surface area contributed by atoms with Crippen LogP contribution in [0.4, 0.5) is 5.00 Å². The van der Waals surface area contributed by atoms with Crippen LogP contribution in [0.1, 0.15) is 28.1 Å². The van der Waals surface area contributed by atoms with Crippen LogP contribution in [-0.4, -0.2) is 24.2 Å². The van der Waals surface area contributed by atoms with Gasteiger partial charge in [-0.05, 0) is 18.9 Å². The summed E-state index contributed by atoms with van der Waals surface area (Å²) in [5.74, 6) is -0.957. The highest BCUT2D eigenvalue weighted by atomic mass is 32.1. The van der Waals surface area contributed by atoms with Gasteiger partial charge in [-0.2, -0.15) is 5.26 Å². The third-order valence-corrected chi connectivity index (χ3v) is 3.62. The van der Waals surface area contributed by atoms with Gasteiger partial charge in [-0.25, -0.2) is 4.79 Å². The predicted molar refractivity (Wildman–Crippen MR) is 57.4 cm³/mol. The quantitative estimate of drug-likeness (QED) is 0.830. The summed E-state index contributed by atoms with van der Waals surface area (Å²) in [6.07, 6.45) is 2.23. The summed E-state index contributed by atoms with van der Waals surface area (Å²) in [6, 6.07) is 3.51. The van der Waals surface area contributed by atoms with Crippen molar-refractivity contribution in [3.8, 4) is 6.07 Å². The van der Waals surface area contributed by atoms with E-state index in [2.05, 4.69) is 11.0 Å². The van der Waals surface area contributed by atoms with Crippen LogP contribution >= 0.6 is 11.3 Å². The first kappa shape index (κ1) is 9.99. The number of nitriles is 1. The molecule has 0 bridgehead atoms. The zero-order valence-electron chi connectivity index (χ0n) is 8.06. The Morgan fingerprint density at radius 2 is 2.20 bits per heavy atom. The Balaban J connectivity index is 2.37. The topological polar surface area (TPSA) is 64.3 Å². The second-order valence-corrected chi connectivity index (χ2v) is 4.47. The minimum atomic E-state index is -0.957. The Morgan fingerprint density at radius 1 is 1.53 bits per heavy atom. The molecule has 0 spiro atoms. The molecule has 1 N–H and O–H groups in total. The molecule has 2 heterocycles. The number of thiophene rings is 1. The first-order valence-corrected chi connectivity index (χ1v) is 5.56. The molecule has 5 heteroatoms. The molecule has 1 aliphatic heterocycles. The highest BCUT2D eigenvalue weighted by Gasteiger charge is 2.20. The van der Waals surface area contributed by atoms with Crippen molar-refractivity contribution < 1.29 is 9.90 Å². The molecule has 4 nitrogen and oxygen atoms in total. The van der Waals surface area contributed by atoms with E-state index in [1.807, 2.05) is 0 Å². The Bertz CT molecular complexity index is 427. The molecule has 0 amide bonds. The number of carbonyl (C=O) groups is 1. The molecule has 15 heavy (non-hydrogen) atoms. The fourth-order valence-corrected chi connectivity index (χ4v) is 2.72. The number of aromatic carboxylic acids is 1. The first-order chi connectivity index (χ1) is 7.22. The lowest BCUT2D eigenvalue weighted by atomic mass is 10.3. The summed E-state index contributed by atoms with van der Waals surface area (Å²) in [5.41, 5.74) is 0.485. The van der Waals surface area contributed by atoms with Gasteiger partial charge in [-0.15, -0.1) is 11.3 Å². The maximum Gasteiger partial charge on any atom is 0.345 e. The van der Waals surface area contributed by atoms with Crippen LogP contribution in [0.5, 0.6) is 0 Å². The molecule has 0 aromatic carbocycles. The largest absolute Gasteiger partial charge is 0.477 e. The van der Waals surface area contributed by atoms with Crippen LogP contribution in [-0.2, 0) is 0 Å². The van der Waals surface area contributed by atoms with E-state index in [1.165, 1.54) is 17.4 Å². The highest BCUT2D eigenvalue weighted by molar-refractivity contribution is 7.18. The molecule has 1 aliphatic rings. The summed E-state index contributed by atoms with van der Waals surface area (Å²) in [4.78, 5) is 13.1. The molecule has 1 saturated heterocycles. The van der Waals surface area contributed by atoms with E-state index in [0.29, 0.717) is 5.56 Å². The Labute approximate surface area is 91.4 Å². The van der Waals surface area contributed by atoms with Gasteiger partial charge in [0.15, 0.2) is 0 Å². The van der Waals surface area contributed by atoms with Crippen LogP contribution in [0.2, 0.25) is 0 Å². The van der Waals surface area contributed by atoms with E-state index in [4.69, 9.17) is 10.4 Å². The maximum absolute atomic E-state index is 10.8. The first-order valence-electron chi connectivity index (χ1n) is 4.74. The molecule has 0 saturated carbocycles. The molecule has 1 aromatic heterocycles. The molecular weight excluding hydrogens is 212 g/mol. The molecule has 0 aliphatic carbocycles. The monoisotopic (exact) mass is 222 g/mol. The molecule has 1 fully saturated rings. The second-order valence-electron chi connectivity index (χ2n) is 3.44. The highest BCUT2D eigenvalue weighted by Crippen LogP contribution is 2.33. The lowest BCUT2D eigenvalue weighted by molar-refractivity contribution is 0.0702. The van der Waals surface area contributed by atoms with Crippen molar-refractivity contribution in [2.75, 3.05) is 18.0 Å². The summed E-state index contributed by atoms with van der Waals surface area (Å²) in [5, 5.41) is 18.6. The third-order valence-electron chi connectivity index (χ3n) is 2.44. The zero-order chi connectivity index (χ0) is 10.8. The van der Waals surface area contributed by atoms with Gasteiger partial charge < -0.3 is 10.0 Å². The molecule has 78 valence electrons. The summed E-state index contributed by atoms with van der Waals surface area (Å²) in [7, 11) is 0. The van der Waals surface area contributed by atoms with Gasteiger partial charge in [0.1, 0.15) is 15.9 Å². The van der Waals surface area contributed by atoms with Gasteiger partial charge in [-0.1, -0.05) is 0 Å². The minimum Gasteiger partial charge on any atom is -0.477 e. The number of hydrogen-bond acceptors (Lipinski definition) is 4. The normalized spacial score (nSPS) is 15.3. The average molecular weight is 222 g/mol. The van der Waals surface area contributed by atoms with Crippen LogP contribution in [0.25, 0.3) is 0 Å². The summed E-state index contributed by atoms with van der Waals surface area (Å²) < 4.78 is 0. The lowest BCUT2D eigenvalue weighted by Gasteiger charge is -2.14. The van der Waals surface area contributed by atoms with Gasteiger partial charge in [0.2, 0.25) is 0 Å². The van der Waals surface area contributed by atoms with Crippen LogP contribution in [0.3, 0.4) is 0 Å². The molecule has 0 unspecified atom stereocenters. The minimum absolute atomic E-state index is 0.244. The maximum atomic E-state index is 10.8. The number of carboxylic acids is 1. The van der Waals surface area contributed by atoms with E-state index >= 15 is 0 Å². The van der Waals surface area contributed by atoms with E-state index < -0.39 is 5.97 Å². The van der Waals surface area contributed by atoms with Crippen molar-refractivity contribution >= 4 is 22.3 Å². The van der Waals surface area contributed by atoms with Crippen molar-refractivity contribution in [3.05, 3.63) is 16.5 Å². The van der Waals surface area contributed by atoms with Gasteiger partial charge >= 0.3 is 5.97 Å². The summed E-state index contributed by atoms with van der Waals surface area (Å²) >= 11 is 1.19. The summed E-state index contributed by atoms with van der Waals surface area (Å²) in [6.45, 7) is 1.85. The molecule has 2 rings (SSSR count). The van der Waals surface area contributed by atoms with Gasteiger partial charge in [0, 0.05) is 13.1 Å². The van der Waals surface area contributed by atoms with E-state index in [1.54, 1.807) is 0 Å². The third kappa shape index (κ3) is 1.81. The Morgan fingerprint density at radius 3 is 2.73 bits per heavy atom. The SMILES string of the molecule is N#Cc1cc(C(=O)O)sc1N1CCCC1. The van der Waals surface area contributed by atoms with Gasteiger partial charge in [0.25, 0.3) is 0 Å². The Kier molecular flexibility index (Phi) is 2.60. The molecule has 0 radical (unpaired) electrons. The predicted octanol–water partition coefficient (Wildman–Crippen LogP) is 1.92. The van der Waals surface area contributed by atoms with E-state index in [9.17, 15) is 4.79 Å². The molecule has 1 aromatic rings. The van der Waals surface area contributed by atoms with Gasteiger partial charge in [0.05, 0.1) is 5.56 Å². The smallest absolute Gasteiger partial charge is 0.345 e. The Hall–Kier alpha value is -1.54. The van der Waals surface area contributed by atoms with E-state index in [-0.39, 0.29) is 4.88 Å². The number of anilines is 1. The fourth-order valence-electron chi connectivity index (χ4n) is 1.72. The van der Waals surface area contributed by atoms with Crippen molar-refractivity contribution in [1.29, 1.82) is 5.26 Å². The fraction of sp³-hybridized carbons (Fsp3) is 0.400. The van der Waals surface area contributed by atoms with Crippen molar-refractivity contribution in [2.24, 2.45) is 0 Å². The lowest BCUT2D eigenvalue weighted by Crippen LogP contribution is -2.16. The second kappa shape index (κ2) is 3.91. The van der Waals surface area contributed by atoms with Crippen LogP contribution in [0.15, 0.2) is 6.07 Å². The molecule has 0 atom stereocenters. The number of nitrogens with zero attached hydrogens (tertiary/aromatic N) is 2. The van der Waals surface area contributed by atoms with Crippen molar-refractivity contribution in [1.82, 2.24) is 0 Å². The number of rotatable bonds is 2. The number of hydrogen-bond donors (Lipinski definition) is 1.